The molecular formula is C21H14BrCl2F2N3O2. The number of hydrogen-bond donors (Lipinski definition) is 2. The minimum Gasteiger partial charge on any atom is -0.373 e. The molecule has 0 saturated carbocycles. The quantitative estimate of drug-likeness (QED) is 0.418. The van der Waals surface area contributed by atoms with Crippen molar-refractivity contribution in [1.82, 2.24) is 4.98 Å². The fraction of sp³-hybridized carbons (Fsp3) is 0.143. The van der Waals surface area contributed by atoms with E-state index >= 15 is 0 Å². The summed E-state index contributed by atoms with van der Waals surface area (Å²) in [6.45, 7) is -0.112. The zero-order valence-electron chi connectivity index (χ0n) is 15.6. The zero-order valence-corrected chi connectivity index (χ0v) is 18.7. The largest absolute Gasteiger partial charge is 0.373 e. The van der Waals surface area contributed by atoms with E-state index in [2.05, 4.69) is 26.2 Å². The number of carbonyl (C=O) groups is 1. The Morgan fingerprint density at radius 2 is 2.00 bits per heavy atom. The Balaban J connectivity index is 1.75. The van der Waals surface area contributed by atoms with Gasteiger partial charge in [-0.2, -0.15) is 0 Å². The molecule has 0 amide bonds. The predicted molar refractivity (Wildman–Crippen MR) is 119 cm³/mol. The molecule has 10 heteroatoms. The second kappa shape index (κ2) is 8.70. The molecular weight excluding hydrogens is 515 g/mol. The number of aliphatic hydroxyl groups excluding tert-OH is 1. The summed E-state index contributed by atoms with van der Waals surface area (Å²) in [4.78, 5) is 18.8. The van der Waals surface area contributed by atoms with Crippen molar-refractivity contribution in [2.24, 2.45) is 5.92 Å². The Hall–Kier alpha value is -2.26. The number of hydrogen-bond acceptors (Lipinski definition) is 5. The second-order valence-electron chi connectivity index (χ2n) is 6.89. The van der Waals surface area contributed by atoms with Gasteiger partial charge in [-0.3, -0.25) is 4.79 Å². The van der Waals surface area contributed by atoms with Gasteiger partial charge >= 0.3 is 0 Å². The minimum absolute atomic E-state index is 0.0149. The Morgan fingerprint density at radius 3 is 2.71 bits per heavy atom. The summed E-state index contributed by atoms with van der Waals surface area (Å²) in [5, 5.41) is 14.3. The molecule has 31 heavy (non-hydrogen) atoms. The van der Waals surface area contributed by atoms with Gasteiger partial charge in [0.05, 0.1) is 32.9 Å². The van der Waals surface area contributed by atoms with E-state index in [1.54, 1.807) is 18.2 Å². The van der Waals surface area contributed by atoms with Crippen LogP contribution in [0.4, 0.5) is 26.0 Å². The van der Waals surface area contributed by atoms with Crippen LogP contribution >= 0.6 is 39.1 Å². The average molecular weight is 529 g/mol. The number of aliphatic hydroxyl groups is 1. The maximum atomic E-state index is 14.6. The summed E-state index contributed by atoms with van der Waals surface area (Å²) >= 11 is 15.6. The van der Waals surface area contributed by atoms with Crippen LogP contribution < -0.4 is 10.2 Å². The van der Waals surface area contributed by atoms with E-state index in [4.69, 9.17) is 23.2 Å². The SMILES string of the molecule is O=C1c2cc(Cl)cnc2N(c2ccc(F)cc2F)CC1C(O)Nc1c(Cl)cccc1Br. The summed E-state index contributed by atoms with van der Waals surface area (Å²) in [5.41, 5.74) is 0.534. The van der Waals surface area contributed by atoms with E-state index in [-0.39, 0.29) is 28.6 Å². The van der Waals surface area contributed by atoms with Crippen LogP contribution in [-0.4, -0.2) is 28.6 Å². The summed E-state index contributed by atoms with van der Waals surface area (Å²) in [6.07, 6.45) is -0.0420. The molecule has 0 saturated heterocycles. The van der Waals surface area contributed by atoms with E-state index in [1.165, 1.54) is 23.2 Å². The molecule has 2 aromatic carbocycles. The van der Waals surface area contributed by atoms with Gasteiger partial charge < -0.3 is 15.3 Å². The molecule has 2 heterocycles. The van der Waals surface area contributed by atoms with Crippen molar-refractivity contribution >= 4 is 62.1 Å². The average Bonchev–Trinajstić information content (AvgIpc) is 2.72. The third kappa shape index (κ3) is 4.25. The summed E-state index contributed by atoms with van der Waals surface area (Å²) in [7, 11) is 0. The topological polar surface area (TPSA) is 65.5 Å². The van der Waals surface area contributed by atoms with Crippen LogP contribution in [0.2, 0.25) is 10.0 Å². The van der Waals surface area contributed by atoms with Crippen molar-refractivity contribution in [3.63, 3.8) is 0 Å². The van der Waals surface area contributed by atoms with Crippen molar-refractivity contribution in [2.45, 2.75) is 6.23 Å². The van der Waals surface area contributed by atoms with Gasteiger partial charge in [-0.05, 0) is 46.3 Å². The number of Topliss-reactive ketones (excluding diaryl/α,β-unsaturated/α-hetero) is 1. The third-order valence-electron chi connectivity index (χ3n) is 4.91. The first-order chi connectivity index (χ1) is 14.8. The first-order valence-electron chi connectivity index (χ1n) is 9.07. The predicted octanol–water partition coefficient (Wildman–Crippen LogP) is 5.81. The number of halogens is 5. The monoisotopic (exact) mass is 527 g/mol. The summed E-state index contributed by atoms with van der Waals surface area (Å²) in [5.74, 6) is -2.85. The van der Waals surface area contributed by atoms with E-state index in [9.17, 15) is 18.7 Å². The molecule has 5 nitrogen and oxygen atoms in total. The molecule has 1 aliphatic rings. The number of nitrogens with zero attached hydrogens (tertiary/aromatic N) is 2. The van der Waals surface area contributed by atoms with Crippen LogP contribution in [0.5, 0.6) is 0 Å². The third-order valence-corrected chi connectivity index (χ3v) is 6.09. The molecule has 0 bridgehead atoms. The van der Waals surface area contributed by atoms with Crippen LogP contribution in [-0.2, 0) is 0 Å². The highest BCUT2D eigenvalue weighted by molar-refractivity contribution is 9.10. The molecule has 1 aromatic heterocycles. The molecule has 0 spiro atoms. The van der Waals surface area contributed by atoms with Gasteiger partial charge in [-0.1, -0.05) is 29.3 Å². The van der Waals surface area contributed by atoms with Gasteiger partial charge in [0.15, 0.2) is 5.78 Å². The lowest BCUT2D eigenvalue weighted by Crippen LogP contribution is -2.46. The fourth-order valence-corrected chi connectivity index (χ4v) is 4.42. The highest BCUT2D eigenvalue weighted by Gasteiger charge is 2.39. The highest BCUT2D eigenvalue weighted by atomic mass is 79.9. The van der Waals surface area contributed by atoms with Gasteiger partial charge in [0.25, 0.3) is 0 Å². The number of aromatic nitrogens is 1. The summed E-state index contributed by atoms with van der Waals surface area (Å²) < 4.78 is 28.6. The zero-order chi connectivity index (χ0) is 22.3. The van der Waals surface area contributed by atoms with E-state index in [1.807, 2.05) is 0 Å². The van der Waals surface area contributed by atoms with Crippen LogP contribution in [0, 0.1) is 17.6 Å². The Morgan fingerprint density at radius 1 is 1.23 bits per heavy atom. The molecule has 2 unspecified atom stereocenters. The standard InChI is InChI=1S/C21H14BrCl2F2N3O2/c22-14-2-1-3-15(24)18(14)28-21(31)13-9-29(17-5-4-11(25)7-16(17)26)20-12(19(13)30)6-10(23)8-27-20/h1-8,13,21,28,31H,9H2. The normalized spacial score (nSPS) is 16.8. The Labute approximate surface area is 194 Å². The van der Waals surface area contributed by atoms with Gasteiger partial charge in [-0.25, -0.2) is 13.8 Å². The number of rotatable bonds is 4. The van der Waals surface area contributed by atoms with E-state index < -0.39 is 29.6 Å². The molecule has 2 atom stereocenters. The molecule has 160 valence electrons. The van der Waals surface area contributed by atoms with Gasteiger partial charge in [0.1, 0.15) is 23.7 Å². The van der Waals surface area contributed by atoms with Gasteiger partial charge in [0.2, 0.25) is 0 Å². The Kier molecular flexibility index (Phi) is 6.16. The number of pyridine rings is 1. The van der Waals surface area contributed by atoms with Crippen LogP contribution in [0.15, 0.2) is 53.1 Å². The van der Waals surface area contributed by atoms with E-state index in [0.717, 1.165) is 12.1 Å². The molecule has 0 aliphatic carbocycles. The number of carbonyl (C=O) groups excluding carboxylic acids is 1. The summed E-state index contributed by atoms with van der Waals surface area (Å²) in [6, 6.07) is 9.58. The first kappa shape index (κ1) is 22.0. The van der Waals surface area contributed by atoms with Crippen LogP contribution in [0.25, 0.3) is 0 Å². The van der Waals surface area contributed by atoms with E-state index in [0.29, 0.717) is 15.2 Å². The minimum atomic E-state index is -1.37. The lowest BCUT2D eigenvalue weighted by Gasteiger charge is -2.36. The van der Waals surface area contributed by atoms with Gasteiger partial charge in [0, 0.05) is 23.3 Å². The fourth-order valence-electron chi connectivity index (χ4n) is 3.43. The lowest BCUT2D eigenvalue weighted by molar-refractivity contribution is 0.0747. The molecule has 0 radical (unpaired) electrons. The Bertz CT molecular complexity index is 1160. The lowest BCUT2D eigenvalue weighted by atomic mass is 9.91. The van der Waals surface area contributed by atoms with Gasteiger partial charge in [-0.15, -0.1) is 0 Å². The number of nitrogens with one attached hydrogen (secondary N) is 1. The van der Waals surface area contributed by atoms with Crippen molar-refractivity contribution in [2.75, 3.05) is 16.8 Å². The maximum Gasteiger partial charge on any atom is 0.176 e. The molecule has 0 fully saturated rings. The van der Waals surface area contributed by atoms with Crippen molar-refractivity contribution < 1.29 is 18.7 Å². The van der Waals surface area contributed by atoms with Crippen molar-refractivity contribution in [3.05, 3.63) is 80.4 Å². The highest BCUT2D eigenvalue weighted by Crippen LogP contribution is 2.38. The molecule has 2 N–H and O–H groups in total. The molecule has 3 aromatic rings. The number of fused-ring (bicyclic) bond motifs is 1. The molecule has 1 aliphatic heterocycles. The van der Waals surface area contributed by atoms with Crippen LogP contribution in [0.3, 0.4) is 0 Å². The number of ketones is 1. The maximum absolute atomic E-state index is 14.6. The van der Waals surface area contributed by atoms with Crippen molar-refractivity contribution in [1.29, 1.82) is 0 Å². The number of benzene rings is 2. The van der Waals surface area contributed by atoms with Crippen molar-refractivity contribution in [3.8, 4) is 0 Å². The first-order valence-corrected chi connectivity index (χ1v) is 10.6. The van der Waals surface area contributed by atoms with Crippen LogP contribution in [0.1, 0.15) is 10.4 Å². The molecule has 4 rings (SSSR count). The number of anilines is 3. The number of para-hydroxylation sites is 1. The second-order valence-corrected chi connectivity index (χ2v) is 8.59. The smallest absolute Gasteiger partial charge is 0.176 e.